The molecule has 2 aliphatic heterocycles. The second-order valence-corrected chi connectivity index (χ2v) is 6.86. The number of nitrogens with zero attached hydrogens (tertiary/aromatic N) is 2. The first-order chi connectivity index (χ1) is 13.2. The van der Waals surface area contributed by atoms with Gasteiger partial charge in [0.2, 0.25) is 5.91 Å². The van der Waals surface area contributed by atoms with Gasteiger partial charge >= 0.3 is 0 Å². The van der Waals surface area contributed by atoms with E-state index in [2.05, 4.69) is 17.1 Å². The second kappa shape index (κ2) is 7.37. The average Bonchev–Trinajstić information content (AvgIpc) is 2.83. The Labute approximate surface area is 159 Å². The van der Waals surface area contributed by atoms with Crippen molar-refractivity contribution in [3.05, 3.63) is 71.3 Å². The number of rotatable bonds is 2. The Balaban J connectivity index is 1.75. The summed E-state index contributed by atoms with van der Waals surface area (Å²) < 4.78 is 0. The van der Waals surface area contributed by atoms with Crippen molar-refractivity contribution in [2.75, 3.05) is 38.0 Å². The van der Waals surface area contributed by atoms with Crippen molar-refractivity contribution in [1.82, 2.24) is 9.80 Å². The van der Waals surface area contributed by atoms with Crippen molar-refractivity contribution in [1.29, 1.82) is 0 Å². The molecule has 0 radical (unpaired) electrons. The van der Waals surface area contributed by atoms with E-state index in [1.54, 1.807) is 12.1 Å². The second-order valence-electron chi connectivity index (χ2n) is 6.86. The van der Waals surface area contributed by atoms with Crippen molar-refractivity contribution in [3.63, 3.8) is 0 Å². The maximum atomic E-state index is 13.0. The highest BCUT2D eigenvalue weighted by Gasteiger charge is 2.25. The van der Waals surface area contributed by atoms with Crippen LogP contribution in [0.2, 0.25) is 0 Å². The number of nitrogens with one attached hydrogen (secondary N) is 1. The number of para-hydroxylation sites is 1. The van der Waals surface area contributed by atoms with Gasteiger partial charge < -0.3 is 15.1 Å². The SMILES string of the molecule is CCN1CCN(C(=O)/C=C2/c3ccccc3NC(=O)c3ccccc32)CC1. The monoisotopic (exact) mass is 361 g/mol. The standard InChI is InChI=1S/C22H23N3O2/c1-2-24-11-13-25(14-12-24)21(26)15-19-16-7-3-4-9-18(16)22(27)23-20-10-6-5-8-17(19)20/h3-10,15H,2,11-14H2,1H3,(H,23,27)/b19-15+. The van der Waals surface area contributed by atoms with Crippen LogP contribution >= 0.6 is 0 Å². The number of fused-ring (bicyclic) bond motifs is 2. The first kappa shape index (κ1) is 17.5. The van der Waals surface area contributed by atoms with Crippen LogP contribution in [0.25, 0.3) is 5.57 Å². The molecule has 1 fully saturated rings. The fourth-order valence-electron chi connectivity index (χ4n) is 3.73. The van der Waals surface area contributed by atoms with Gasteiger partial charge in [-0.25, -0.2) is 0 Å². The minimum atomic E-state index is -0.148. The highest BCUT2D eigenvalue weighted by molar-refractivity contribution is 6.14. The van der Waals surface area contributed by atoms with Crippen LogP contribution in [0.3, 0.4) is 0 Å². The van der Waals surface area contributed by atoms with E-state index in [1.807, 2.05) is 47.4 Å². The number of benzene rings is 2. The number of hydrogen-bond acceptors (Lipinski definition) is 3. The zero-order valence-corrected chi connectivity index (χ0v) is 15.4. The molecule has 4 rings (SSSR count). The Morgan fingerprint density at radius 2 is 1.59 bits per heavy atom. The highest BCUT2D eigenvalue weighted by Crippen LogP contribution is 2.35. The quantitative estimate of drug-likeness (QED) is 0.837. The average molecular weight is 361 g/mol. The lowest BCUT2D eigenvalue weighted by Crippen LogP contribution is -2.48. The van der Waals surface area contributed by atoms with Gasteiger partial charge in [-0.1, -0.05) is 43.3 Å². The Bertz CT molecular complexity index is 911. The van der Waals surface area contributed by atoms with E-state index >= 15 is 0 Å². The first-order valence-electron chi connectivity index (χ1n) is 9.40. The van der Waals surface area contributed by atoms with Crippen LogP contribution in [-0.2, 0) is 4.79 Å². The zero-order chi connectivity index (χ0) is 18.8. The molecule has 2 aromatic rings. The summed E-state index contributed by atoms with van der Waals surface area (Å²) in [6.45, 7) is 6.42. The lowest BCUT2D eigenvalue weighted by molar-refractivity contribution is -0.127. The molecule has 0 atom stereocenters. The van der Waals surface area contributed by atoms with Gasteiger partial charge in [0, 0.05) is 49.1 Å². The maximum Gasteiger partial charge on any atom is 0.256 e. The molecular formula is C22H23N3O2. The van der Waals surface area contributed by atoms with Gasteiger partial charge in [0.1, 0.15) is 0 Å². The normalized spacial score (nSPS) is 18.5. The summed E-state index contributed by atoms with van der Waals surface area (Å²) in [7, 11) is 0. The lowest BCUT2D eigenvalue weighted by atomic mass is 9.93. The van der Waals surface area contributed by atoms with Crippen LogP contribution in [0.1, 0.15) is 28.4 Å². The number of hydrogen-bond donors (Lipinski definition) is 1. The molecule has 27 heavy (non-hydrogen) atoms. The molecule has 138 valence electrons. The van der Waals surface area contributed by atoms with Gasteiger partial charge in [0.25, 0.3) is 5.91 Å². The Morgan fingerprint density at radius 1 is 0.963 bits per heavy atom. The van der Waals surface area contributed by atoms with Gasteiger partial charge in [-0.3, -0.25) is 9.59 Å². The van der Waals surface area contributed by atoms with Gasteiger partial charge in [0.05, 0.1) is 0 Å². The number of amides is 2. The molecule has 0 unspecified atom stereocenters. The third-order valence-electron chi connectivity index (χ3n) is 5.33. The fraction of sp³-hybridized carbons (Fsp3) is 0.273. The Kier molecular flexibility index (Phi) is 4.77. The summed E-state index contributed by atoms with van der Waals surface area (Å²) >= 11 is 0. The molecule has 0 aliphatic carbocycles. The third-order valence-corrected chi connectivity index (χ3v) is 5.33. The molecule has 2 amide bonds. The number of carbonyl (C=O) groups excluding carboxylic acids is 2. The van der Waals surface area contributed by atoms with Crippen LogP contribution < -0.4 is 5.32 Å². The van der Waals surface area contributed by atoms with E-state index in [-0.39, 0.29) is 11.8 Å². The summed E-state index contributed by atoms with van der Waals surface area (Å²) in [5, 5.41) is 2.96. The largest absolute Gasteiger partial charge is 0.337 e. The molecule has 5 heteroatoms. The molecule has 0 aromatic heterocycles. The molecule has 0 spiro atoms. The van der Waals surface area contributed by atoms with Crippen molar-refractivity contribution in [3.8, 4) is 0 Å². The van der Waals surface area contributed by atoms with E-state index in [0.29, 0.717) is 5.56 Å². The Morgan fingerprint density at radius 3 is 2.30 bits per heavy atom. The van der Waals surface area contributed by atoms with Crippen LogP contribution in [0.5, 0.6) is 0 Å². The third kappa shape index (κ3) is 3.38. The predicted octanol–water partition coefficient (Wildman–Crippen LogP) is 2.85. The smallest absolute Gasteiger partial charge is 0.256 e. The molecule has 5 nitrogen and oxygen atoms in total. The Hall–Kier alpha value is -2.92. The van der Waals surface area contributed by atoms with Crippen molar-refractivity contribution in [2.45, 2.75) is 6.92 Å². The number of anilines is 1. The first-order valence-corrected chi connectivity index (χ1v) is 9.40. The summed E-state index contributed by atoms with van der Waals surface area (Å²) in [6.07, 6.45) is 1.69. The molecule has 1 saturated heterocycles. The molecule has 2 aliphatic rings. The van der Waals surface area contributed by atoms with Crippen LogP contribution in [0, 0.1) is 0 Å². The predicted molar refractivity (Wildman–Crippen MR) is 107 cm³/mol. The molecular weight excluding hydrogens is 338 g/mol. The van der Waals surface area contributed by atoms with E-state index < -0.39 is 0 Å². The van der Waals surface area contributed by atoms with Crippen LogP contribution in [0.15, 0.2) is 54.6 Å². The van der Waals surface area contributed by atoms with E-state index in [4.69, 9.17) is 0 Å². The number of likely N-dealkylation sites (N-methyl/N-ethyl adjacent to an activating group) is 1. The van der Waals surface area contributed by atoms with E-state index in [0.717, 1.165) is 55.1 Å². The minimum Gasteiger partial charge on any atom is -0.337 e. The zero-order valence-electron chi connectivity index (χ0n) is 15.4. The molecule has 2 heterocycles. The fourth-order valence-corrected chi connectivity index (χ4v) is 3.73. The summed E-state index contributed by atoms with van der Waals surface area (Å²) in [5.74, 6) is -0.148. The van der Waals surface area contributed by atoms with Crippen molar-refractivity contribution < 1.29 is 9.59 Å². The van der Waals surface area contributed by atoms with Gasteiger partial charge in [-0.2, -0.15) is 0 Å². The van der Waals surface area contributed by atoms with Gasteiger partial charge in [-0.15, -0.1) is 0 Å². The highest BCUT2D eigenvalue weighted by atomic mass is 16.2. The lowest BCUT2D eigenvalue weighted by Gasteiger charge is -2.33. The number of piperazine rings is 1. The van der Waals surface area contributed by atoms with Crippen LogP contribution in [-0.4, -0.2) is 54.3 Å². The summed E-state index contributed by atoms with van der Waals surface area (Å²) in [6, 6.07) is 15.1. The molecule has 2 aromatic carbocycles. The van der Waals surface area contributed by atoms with Gasteiger partial charge in [0.15, 0.2) is 0 Å². The topological polar surface area (TPSA) is 52.6 Å². The van der Waals surface area contributed by atoms with E-state index in [1.165, 1.54) is 0 Å². The van der Waals surface area contributed by atoms with Crippen molar-refractivity contribution in [2.24, 2.45) is 0 Å². The molecule has 1 N–H and O–H groups in total. The summed E-state index contributed by atoms with van der Waals surface area (Å²) in [4.78, 5) is 29.9. The molecule has 0 saturated carbocycles. The summed E-state index contributed by atoms with van der Waals surface area (Å²) in [5.41, 5.74) is 3.77. The van der Waals surface area contributed by atoms with Crippen LogP contribution in [0.4, 0.5) is 5.69 Å². The van der Waals surface area contributed by atoms with Crippen molar-refractivity contribution >= 4 is 23.1 Å². The van der Waals surface area contributed by atoms with Gasteiger partial charge in [-0.05, 0) is 29.8 Å². The molecule has 0 bridgehead atoms. The van der Waals surface area contributed by atoms with E-state index in [9.17, 15) is 9.59 Å². The minimum absolute atomic E-state index is 0.000270. The number of carbonyl (C=O) groups is 2. The maximum absolute atomic E-state index is 13.0.